The van der Waals surface area contributed by atoms with E-state index in [9.17, 15) is 4.79 Å². The van der Waals surface area contributed by atoms with Crippen molar-refractivity contribution in [2.45, 2.75) is 45.1 Å². The van der Waals surface area contributed by atoms with Crippen molar-refractivity contribution < 1.29 is 9.53 Å². The molecule has 2 N–H and O–H groups in total. The van der Waals surface area contributed by atoms with Crippen molar-refractivity contribution in [3.63, 3.8) is 0 Å². The van der Waals surface area contributed by atoms with Crippen molar-refractivity contribution >= 4 is 5.91 Å². The number of carbonyl (C=O) groups excluding carboxylic acids is 1. The molecule has 4 nitrogen and oxygen atoms in total. The summed E-state index contributed by atoms with van der Waals surface area (Å²) in [4.78, 5) is 14.0. The van der Waals surface area contributed by atoms with Gasteiger partial charge in [-0.25, -0.2) is 0 Å². The molecule has 100 valence electrons. The van der Waals surface area contributed by atoms with Crippen molar-refractivity contribution in [3.8, 4) is 0 Å². The van der Waals surface area contributed by atoms with E-state index in [1.165, 1.54) is 0 Å². The van der Waals surface area contributed by atoms with Crippen molar-refractivity contribution in [1.29, 1.82) is 0 Å². The van der Waals surface area contributed by atoms with Crippen LogP contribution in [0.15, 0.2) is 0 Å². The fourth-order valence-corrected chi connectivity index (χ4v) is 2.31. The quantitative estimate of drug-likeness (QED) is 0.765. The molecule has 1 heterocycles. The molecule has 0 spiro atoms. The van der Waals surface area contributed by atoms with Gasteiger partial charge in [0.05, 0.1) is 6.10 Å². The number of piperidine rings is 1. The molecular weight excluding hydrogens is 216 g/mol. The van der Waals surface area contributed by atoms with Crippen LogP contribution in [0.5, 0.6) is 0 Å². The van der Waals surface area contributed by atoms with E-state index in [0.29, 0.717) is 18.9 Å². The molecule has 0 bridgehead atoms. The van der Waals surface area contributed by atoms with E-state index < -0.39 is 0 Å². The predicted octanol–water partition coefficient (Wildman–Crippen LogP) is 1.39. The summed E-state index contributed by atoms with van der Waals surface area (Å²) < 4.78 is 5.33. The fraction of sp³-hybridized carbons (Fsp3) is 0.923. The first-order chi connectivity index (χ1) is 8.17. The van der Waals surface area contributed by atoms with Gasteiger partial charge >= 0.3 is 0 Å². The molecule has 1 saturated heterocycles. The van der Waals surface area contributed by atoms with Crippen molar-refractivity contribution in [2.75, 3.05) is 26.7 Å². The van der Waals surface area contributed by atoms with Gasteiger partial charge < -0.3 is 15.4 Å². The molecule has 0 aromatic carbocycles. The largest absolute Gasteiger partial charge is 0.380 e. The molecule has 1 fully saturated rings. The van der Waals surface area contributed by atoms with Crippen LogP contribution in [0.4, 0.5) is 0 Å². The molecule has 2 atom stereocenters. The van der Waals surface area contributed by atoms with E-state index in [-0.39, 0.29) is 12.0 Å². The van der Waals surface area contributed by atoms with E-state index in [1.54, 1.807) is 7.11 Å². The first-order valence-electron chi connectivity index (χ1n) is 6.68. The van der Waals surface area contributed by atoms with Crippen LogP contribution in [-0.2, 0) is 9.53 Å². The van der Waals surface area contributed by atoms with Crippen molar-refractivity contribution in [3.05, 3.63) is 0 Å². The summed E-state index contributed by atoms with van der Waals surface area (Å²) in [7, 11) is 1.72. The van der Waals surface area contributed by atoms with E-state index >= 15 is 0 Å². The lowest BCUT2D eigenvalue weighted by molar-refractivity contribution is -0.135. The summed E-state index contributed by atoms with van der Waals surface area (Å²) in [6.07, 6.45) is 4.97. The SMILES string of the molecule is COC1CCCN(C(=O)CCC(C)CCN)C1. The lowest BCUT2D eigenvalue weighted by atomic mass is 10.0. The van der Waals surface area contributed by atoms with Gasteiger partial charge in [0, 0.05) is 26.6 Å². The summed E-state index contributed by atoms with van der Waals surface area (Å²) in [5.74, 6) is 0.822. The third-order valence-electron chi connectivity index (χ3n) is 3.57. The summed E-state index contributed by atoms with van der Waals surface area (Å²) in [5, 5.41) is 0. The minimum atomic E-state index is 0.231. The van der Waals surface area contributed by atoms with Crippen LogP contribution in [0.1, 0.15) is 39.0 Å². The van der Waals surface area contributed by atoms with Crippen LogP contribution in [-0.4, -0.2) is 43.7 Å². The van der Waals surface area contributed by atoms with Crippen LogP contribution in [0.25, 0.3) is 0 Å². The van der Waals surface area contributed by atoms with Crippen LogP contribution < -0.4 is 5.73 Å². The number of nitrogens with zero attached hydrogens (tertiary/aromatic N) is 1. The number of hydrogen-bond acceptors (Lipinski definition) is 3. The van der Waals surface area contributed by atoms with Gasteiger partial charge in [0.2, 0.25) is 5.91 Å². The van der Waals surface area contributed by atoms with Crippen molar-refractivity contribution in [2.24, 2.45) is 11.7 Å². The van der Waals surface area contributed by atoms with Gasteiger partial charge in [-0.1, -0.05) is 6.92 Å². The van der Waals surface area contributed by atoms with E-state index in [0.717, 1.165) is 38.8 Å². The highest BCUT2D eigenvalue weighted by Crippen LogP contribution is 2.16. The van der Waals surface area contributed by atoms with Gasteiger partial charge in [-0.05, 0) is 38.1 Å². The second-order valence-corrected chi connectivity index (χ2v) is 5.06. The Hall–Kier alpha value is -0.610. The lowest BCUT2D eigenvalue weighted by Crippen LogP contribution is -2.42. The number of methoxy groups -OCH3 is 1. The number of hydrogen-bond donors (Lipinski definition) is 1. The molecule has 1 rings (SSSR count). The zero-order valence-electron chi connectivity index (χ0n) is 11.2. The molecule has 0 saturated carbocycles. The van der Waals surface area contributed by atoms with Crippen LogP contribution in [0, 0.1) is 5.92 Å². The van der Waals surface area contributed by atoms with Gasteiger partial charge in [0.25, 0.3) is 0 Å². The highest BCUT2D eigenvalue weighted by molar-refractivity contribution is 5.76. The van der Waals surface area contributed by atoms with E-state index in [4.69, 9.17) is 10.5 Å². The minimum Gasteiger partial charge on any atom is -0.380 e. The summed E-state index contributed by atoms with van der Waals surface area (Å²) >= 11 is 0. The van der Waals surface area contributed by atoms with Crippen LogP contribution in [0.2, 0.25) is 0 Å². The highest BCUT2D eigenvalue weighted by Gasteiger charge is 2.23. The molecule has 0 aliphatic carbocycles. The van der Waals surface area contributed by atoms with Gasteiger partial charge in [0.1, 0.15) is 0 Å². The maximum Gasteiger partial charge on any atom is 0.222 e. The third-order valence-corrected chi connectivity index (χ3v) is 3.57. The number of carbonyl (C=O) groups is 1. The monoisotopic (exact) mass is 242 g/mol. The molecule has 0 aromatic rings. The average molecular weight is 242 g/mol. The Morgan fingerprint density at radius 3 is 2.94 bits per heavy atom. The molecule has 2 unspecified atom stereocenters. The first-order valence-corrected chi connectivity index (χ1v) is 6.68. The number of likely N-dealkylation sites (tertiary alicyclic amines) is 1. The molecule has 1 amide bonds. The molecular formula is C13H26N2O2. The molecule has 17 heavy (non-hydrogen) atoms. The molecule has 1 aliphatic heterocycles. The highest BCUT2D eigenvalue weighted by atomic mass is 16.5. The molecule has 0 aromatic heterocycles. The Bertz CT molecular complexity index is 233. The third kappa shape index (κ3) is 5.04. The van der Waals surface area contributed by atoms with Gasteiger partial charge in [-0.3, -0.25) is 4.79 Å². The topological polar surface area (TPSA) is 55.6 Å². The van der Waals surface area contributed by atoms with Crippen molar-refractivity contribution in [1.82, 2.24) is 4.90 Å². The zero-order valence-corrected chi connectivity index (χ0v) is 11.2. The Labute approximate surface area is 104 Å². The number of amides is 1. The van der Waals surface area contributed by atoms with Gasteiger partial charge in [-0.15, -0.1) is 0 Å². The lowest BCUT2D eigenvalue weighted by Gasteiger charge is -2.32. The maximum atomic E-state index is 12.0. The smallest absolute Gasteiger partial charge is 0.222 e. The maximum absolute atomic E-state index is 12.0. The fourth-order valence-electron chi connectivity index (χ4n) is 2.31. The zero-order chi connectivity index (χ0) is 12.7. The minimum absolute atomic E-state index is 0.231. The second kappa shape index (κ2) is 7.67. The molecule has 0 radical (unpaired) electrons. The first kappa shape index (κ1) is 14.5. The Morgan fingerprint density at radius 1 is 1.53 bits per heavy atom. The summed E-state index contributed by atoms with van der Waals surface area (Å²) in [6, 6.07) is 0. The molecule has 4 heteroatoms. The second-order valence-electron chi connectivity index (χ2n) is 5.06. The van der Waals surface area contributed by atoms with Crippen LogP contribution >= 0.6 is 0 Å². The normalized spacial score (nSPS) is 22.5. The number of rotatable bonds is 6. The predicted molar refractivity (Wildman–Crippen MR) is 68.7 cm³/mol. The Kier molecular flexibility index (Phi) is 6.52. The van der Waals surface area contributed by atoms with Gasteiger partial charge in [0.15, 0.2) is 0 Å². The van der Waals surface area contributed by atoms with E-state index in [2.05, 4.69) is 6.92 Å². The average Bonchev–Trinajstić information content (AvgIpc) is 2.36. The number of nitrogens with two attached hydrogens (primary N) is 1. The summed E-state index contributed by atoms with van der Waals surface area (Å²) in [6.45, 7) is 4.53. The summed E-state index contributed by atoms with van der Waals surface area (Å²) in [5.41, 5.74) is 5.50. The Morgan fingerprint density at radius 2 is 2.29 bits per heavy atom. The number of ether oxygens (including phenoxy) is 1. The standard InChI is InChI=1S/C13H26N2O2/c1-11(7-8-14)5-6-13(16)15-9-3-4-12(10-15)17-2/h11-12H,3-10,14H2,1-2H3. The van der Waals surface area contributed by atoms with Gasteiger partial charge in [-0.2, -0.15) is 0 Å². The van der Waals surface area contributed by atoms with Crippen LogP contribution in [0.3, 0.4) is 0 Å². The Balaban J connectivity index is 2.27. The molecule has 1 aliphatic rings. The van der Waals surface area contributed by atoms with E-state index in [1.807, 2.05) is 4.90 Å².